The first kappa shape index (κ1) is 54.9. The molecule has 8 heteroatoms. The van der Waals surface area contributed by atoms with Crippen LogP contribution < -0.4 is 0 Å². The smallest absolute Gasteiger partial charge is 0.143 e. The van der Waals surface area contributed by atoms with Gasteiger partial charge in [-0.15, -0.1) is 45.4 Å². The molecule has 0 aliphatic heterocycles. The minimum absolute atomic E-state index is 0. The van der Waals surface area contributed by atoms with Crippen LogP contribution in [0.4, 0.5) is 0 Å². The van der Waals surface area contributed by atoms with E-state index in [1.807, 2.05) is 22.7 Å². The average Bonchev–Trinajstić information content (AvgIpc) is 4.10. The minimum atomic E-state index is 0. The van der Waals surface area contributed by atoms with E-state index in [-0.39, 0.29) is 20.1 Å². The molecule has 0 bridgehead atoms. The second kappa shape index (κ2) is 20.6. The summed E-state index contributed by atoms with van der Waals surface area (Å²) in [5, 5.41) is 3.57. The number of hydrogen-bond donors (Lipinski definition) is 0. The molecule has 0 saturated carbocycles. The Bertz CT molecular complexity index is 3090. The third-order valence-corrected chi connectivity index (χ3v) is 20.3. The van der Waals surface area contributed by atoms with Crippen molar-refractivity contribution in [2.75, 3.05) is 0 Å². The van der Waals surface area contributed by atoms with E-state index >= 15 is 0 Å². The van der Waals surface area contributed by atoms with Crippen LogP contribution in [0.25, 0.3) is 62.2 Å². The Hall–Kier alpha value is -4.43. The zero-order valence-electron chi connectivity index (χ0n) is 46.3. The molecule has 0 unspecified atom stereocenters. The van der Waals surface area contributed by atoms with Gasteiger partial charge in [0.2, 0.25) is 0 Å². The number of hydrogen-bond acceptors (Lipinski definition) is 7. The quantitative estimate of drug-likeness (QED) is 0.165. The normalized spacial score (nSPS) is 11.3. The standard InChI is InChI=1S/2C21H24NS.C20H24N2S.Ir/c2*1-10-11(2)16(7)21-18(14(10)5)9-19(23-21)20-15(6)12(3)13(4)17(8)22-20;1-9-10(2)15(7)19-17(13(9)5)22-20(23-19)18-14(6)11(3)12(4)16(8)21-18;/h3*1-8H3;/q2*-1;;. The number of thiophene rings is 2. The number of benzene rings is 3. The van der Waals surface area contributed by atoms with Gasteiger partial charge in [-0.05, 0) is 222 Å². The maximum atomic E-state index is 4.97. The molecule has 369 valence electrons. The average molecular weight is 1160 g/mol. The van der Waals surface area contributed by atoms with Crippen LogP contribution in [0.15, 0.2) is 0 Å². The van der Waals surface area contributed by atoms with Crippen LogP contribution in [0.2, 0.25) is 0 Å². The van der Waals surface area contributed by atoms with Crippen molar-refractivity contribution in [3.05, 3.63) is 146 Å². The number of nitrogens with zero attached hydrogens (tertiary/aromatic N) is 4. The molecule has 6 heterocycles. The number of fused-ring (bicyclic) bond motifs is 3. The second-order valence-corrected chi connectivity index (χ2v) is 23.0. The molecule has 0 amide bonds. The van der Waals surface area contributed by atoms with Gasteiger partial charge >= 0.3 is 0 Å². The number of aromatic nitrogens is 4. The molecule has 6 aromatic heterocycles. The van der Waals surface area contributed by atoms with E-state index in [0.29, 0.717) is 0 Å². The Labute approximate surface area is 445 Å². The zero-order chi connectivity index (χ0) is 51.1. The van der Waals surface area contributed by atoms with Crippen molar-refractivity contribution in [2.24, 2.45) is 0 Å². The number of thiazole rings is 1. The van der Waals surface area contributed by atoms with Crippen molar-refractivity contribution in [2.45, 2.75) is 166 Å². The molecule has 3 aromatic carbocycles. The number of rotatable bonds is 3. The van der Waals surface area contributed by atoms with Gasteiger partial charge < -0.3 is 0 Å². The molecule has 1 radical (unpaired) electrons. The van der Waals surface area contributed by atoms with E-state index in [2.05, 4.69) is 178 Å². The minimum Gasteiger partial charge on any atom is -0.299 e. The van der Waals surface area contributed by atoms with Crippen molar-refractivity contribution >= 4 is 64.4 Å². The molecule has 9 aromatic rings. The summed E-state index contributed by atoms with van der Waals surface area (Å²) in [6.07, 6.45) is 0. The molecule has 0 fully saturated rings. The SMILES string of the molecule is Cc1nc(-c2[c-]c3c(C)c(C)c(C)c(C)c3s2)c(C)c(C)c1C.Cc1nc(-c2[c-]c3c(C)c(C)c(C)c(C)c3s2)c(C)c(C)c1C.Cc1nc(-c2nc3c(C)c(C)c(C)c(C)c3s2)c(C)c(C)c1C.[Ir]. The van der Waals surface area contributed by atoms with Gasteiger partial charge in [-0.2, -0.15) is 0 Å². The van der Waals surface area contributed by atoms with Crippen LogP contribution in [0.5, 0.6) is 0 Å². The van der Waals surface area contributed by atoms with Crippen LogP contribution in [0.1, 0.15) is 134 Å². The Balaban J connectivity index is 0.000000171. The van der Waals surface area contributed by atoms with E-state index in [1.165, 1.54) is 151 Å². The molecular weight excluding hydrogens is 1090 g/mol. The fourth-order valence-corrected chi connectivity index (χ4v) is 13.3. The molecule has 0 aliphatic carbocycles. The fourth-order valence-electron chi connectivity index (χ4n) is 9.50. The Kier molecular flexibility index (Phi) is 16.1. The first-order valence-corrected chi connectivity index (χ1v) is 26.7. The Morgan fingerprint density at radius 1 is 0.257 bits per heavy atom. The number of aryl methyl sites for hydroxylation is 9. The van der Waals surface area contributed by atoms with E-state index in [9.17, 15) is 0 Å². The van der Waals surface area contributed by atoms with Crippen LogP contribution in [-0.4, -0.2) is 19.9 Å². The van der Waals surface area contributed by atoms with Crippen molar-refractivity contribution < 1.29 is 20.1 Å². The summed E-state index contributed by atoms with van der Waals surface area (Å²) in [6, 6.07) is 7.32. The first-order chi connectivity index (χ1) is 32.2. The van der Waals surface area contributed by atoms with E-state index in [4.69, 9.17) is 19.9 Å². The maximum Gasteiger partial charge on any atom is 0.143 e. The summed E-state index contributed by atoms with van der Waals surface area (Å²) in [6.45, 7) is 52.4. The van der Waals surface area contributed by atoms with Crippen molar-refractivity contribution in [3.63, 3.8) is 0 Å². The monoisotopic (exact) mass is 1160 g/mol. The summed E-state index contributed by atoms with van der Waals surface area (Å²) in [5.41, 5.74) is 35.8. The molecule has 70 heavy (non-hydrogen) atoms. The summed E-state index contributed by atoms with van der Waals surface area (Å²) in [7, 11) is 0. The maximum absolute atomic E-state index is 4.97. The van der Waals surface area contributed by atoms with Crippen LogP contribution >= 0.6 is 34.0 Å². The Morgan fingerprint density at radius 2 is 0.543 bits per heavy atom. The molecule has 0 atom stereocenters. The molecule has 0 N–H and O–H groups in total. The van der Waals surface area contributed by atoms with Crippen molar-refractivity contribution in [1.82, 2.24) is 19.9 Å². The van der Waals surface area contributed by atoms with Crippen molar-refractivity contribution in [1.29, 1.82) is 0 Å². The zero-order valence-corrected chi connectivity index (χ0v) is 51.2. The largest absolute Gasteiger partial charge is 0.299 e. The molecule has 0 aliphatic rings. The van der Waals surface area contributed by atoms with Crippen LogP contribution in [0, 0.1) is 178 Å². The fraction of sp³-hybridized carbons (Fsp3) is 0.387. The van der Waals surface area contributed by atoms with Crippen molar-refractivity contribution in [3.8, 4) is 31.8 Å². The first-order valence-electron chi connectivity index (χ1n) is 24.3. The topological polar surface area (TPSA) is 51.6 Å². The van der Waals surface area contributed by atoms with E-state index < -0.39 is 0 Å². The van der Waals surface area contributed by atoms with Gasteiger partial charge in [0.25, 0.3) is 0 Å². The van der Waals surface area contributed by atoms with Gasteiger partial charge in [0.15, 0.2) is 0 Å². The van der Waals surface area contributed by atoms with Crippen LogP contribution in [-0.2, 0) is 20.1 Å². The summed E-state index contributed by atoms with van der Waals surface area (Å²) >= 11 is 5.44. The molecule has 0 saturated heterocycles. The van der Waals surface area contributed by atoms with Crippen LogP contribution in [0.3, 0.4) is 0 Å². The number of pyridine rings is 3. The molecular formula is C62H72IrN4S3-2. The van der Waals surface area contributed by atoms with Gasteiger partial charge in [0.05, 0.1) is 10.2 Å². The van der Waals surface area contributed by atoms with Gasteiger partial charge in [-0.3, -0.25) is 15.0 Å². The third kappa shape index (κ3) is 9.30. The van der Waals surface area contributed by atoms with Gasteiger partial charge in [-0.1, -0.05) is 69.5 Å². The summed E-state index contributed by atoms with van der Waals surface area (Å²) in [5.74, 6) is 0. The molecule has 0 spiro atoms. The Morgan fingerprint density at radius 3 is 0.914 bits per heavy atom. The summed E-state index contributed by atoms with van der Waals surface area (Å²) < 4.78 is 4.02. The third-order valence-electron chi connectivity index (χ3n) is 16.7. The predicted octanol–water partition coefficient (Wildman–Crippen LogP) is 18.3. The van der Waals surface area contributed by atoms with E-state index in [1.54, 1.807) is 11.3 Å². The van der Waals surface area contributed by atoms with Gasteiger partial charge in [-0.25, -0.2) is 27.7 Å². The molecule has 4 nitrogen and oxygen atoms in total. The van der Waals surface area contributed by atoms with Gasteiger partial charge in [0.1, 0.15) is 10.7 Å². The summed E-state index contributed by atoms with van der Waals surface area (Å²) in [4.78, 5) is 21.9. The van der Waals surface area contributed by atoms with Gasteiger partial charge in [0, 0.05) is 48.6 Å². The predicted molar refractivity (Wildman–Crippen MR) is 304 cm³/mol. The second-order valence-electron chi connectivity index (χ2n) is 20.0. The van der Waals surface area contributed by atoms with E-state index in [0.717, 1.165) is 44.7 Å². The molecule has 9 rings (SSSR count).